The minimum absolute atomic E-state index is 0.254. The first-order chi connectivity index (χ1) is 10.9. The Kier molecular flexibility index (Phi) is 4.96. The minimum Gasteiger partial charge on any atom is -0.377 e. The average Bonchev–Trinajstić information content (AvgIpc) is 2.75. The molecule has 6 nitrogen and oxygen atoms in total. The molecule has 1 atom stereocenters. The van der Waals surface area contributed by atoms with Crippen LogP contribution in [0.4, 0.5) is 0 Å². The van der Waals surface area contributed by atoms with Gasteiger partial charge in [-0.3, -0.25) is 0 Å². The van der Waals surface area contributed by atoms with Crippen LogP contribution in [0.15, 0.2) is 23.1 Å². The Hall–Kier alpha value is -0.700. The van der Waals surface area contributed by atoms with Gasteiger partial charge in [-0.25, -0.2) is 8.42 Å². The molecule has 0 saturated carbocycles. The van der Waals surface area contributed by atoms with Crippen LogP contribution in [0, 0.1) is 6.92 Å². The molecule has 1 N–H and O–H groups in total. The number of rotatable bonds is 2. The molecule has 2 fully saturated rings. The Bertz CT molecular complexity index is 672. The van der Waals surface area contributed by atoms with Gasteiger partial charge in [-0.05, 0) is 24.6 Å². The lowest BCUT2D eigenvalue weighted by Gasteiger charge is -2.41. The molecule has 2 aliphatic rings. The van der Waals surface area contributed by atoms with Gasteiger partial charge in [0.2, 0.25) is 10.0 Å². The number of nitrogens with one attached hydrogen (secondary N) is 1. The number of hydrogen-bond donors (Lipinski definition) is 1. The van der Waals surface area contributed by atoms with Crippen molar-refractivity contribution in [3.05, 3.63) is 28.8 Å². The highest BCUT2D eigenvalue weighted by atomic mass is 35.5. The number of morpholine rings is 1. The molecular formula is C15H21ClN2O4S. The van der Waals surface area contributed by atoms with Crippen molar-refractivity contribution in [1.82, 2.24) is 9.62 Å². The summed E-state index contributed by atoms with van der Waals surface area (Å²) < 4.78 is 39.0. The fraction of sp³-hybridized carbons (Fsp3) is 0.600. The molecule has 0 aliphatic carbocycles. The molecule has 128 valence electrons. The second-order valence-corrected chi connectivity index (χ2v) is 8.28. The van der Waals surface area contributed by atoms with Crippen LogP contribution in [0.1, 0.15) is 5.56 Å². The van der Waals surface area contributed by atoms with Gasteiger partial charge in [0.05, 0.1) is 24.7 Å². The Balaban J connectivity index is 1.89. The van der Waals surface area contributed by atoms with Gasteiger partial charge in [-0.1, -0.05) is 17.7 Å². The molecule has 23 heavy (non-hydrogen) atoms. The Labute approximate surface area is 141 Å². The van der Waals surface area contributed by atoms with E-state index in [1.807, 2.05) is 0 Å². The summed E-state index contributed by atoms with van der Waals surface area (Å²) in [5, 5.41) is 3.70. The monoisotopic (exact) mass is 360 g/mol. The Morgan fingerprint density at radius 1 is 1.35 bits per heavy atom. The first kappa shape index (κ1) is 17.1. The van der Waals surface area contributed by atoms with E-state index in [0.29, 0.717) is 43.5 Å². The van der Waals surface area contributed by atoms with Gasteiger partial charge in [-0.2, -0.15) is 4.31 Å². The van der Waals surface area contributed by atoms with E-state index in [1.165, 1.54) is 4.31 Å². The maximum Gasteiger partial charge on any atom is 0.243 e. The van der Waals surface area contributed by atoms with E-state index in [2.05, 4.69) is 5.32 Å². The lowest BCUT2D eigenvalue weighted by atomic mass is 10.0. The fourth-order valence-corrected chi connectivity index (χ4v) is 4.96. The SMILES string of the molecule is Cc1c(Cl)cccc1S(=O)(=O)N1CCO[C@@]2(CNCCOC2)C1. The highest BCUT2D eigenvalue weighted by Gasteiger charge is 2.42. The number of benzene rings is 1. The maximum absolute atomic E-state index is 13.0. The topological polar surface area (TPSA) is 67.9 Å². The van der Waals surface area contributed by atoms with E-state index in [9.17, 15) is 8.42 Å². The quantitative estimate of drug-likeness (QED) is 0.853. The lowest BCUT2D eigenvalue weighted by molar-refractivity contribution is -0.118. The zero-order chi connectivity index (χ0) is 16.5. The molecule has 0 unspecified atom stereocenters. The van der Waals surface area contributed by atoms with Gasteiger partial charge in [0, 0.05) is 31.2 Å². The molecule has 2 aliphatic heterocycles. The Morgan fingerprint density at radius 3 is 3.00 bits per heavy atom. The first-order valence-electron chi connectivity index (χ1n) is 7.62. The largest absolute Gasteiger partial charge is 0.377 e. The Morgan fingerprint density at radius 2 is 2.17 bits per heavy atom. The standard InChI is InChI=1S/C15H21ClN2O4S/c1-12-13(16)3-2-4-14(12)23(19,20)18-6-8-22-15(10-18)9-17-5-7-21-11-15/h2-4,17H,5-11H2,1H3/t15-/m0/s1. The van der Waals surface area contributed by atoms with Gasteiger partial charge in [0.1, 0.15) is 5.60 Å². The van der Waals surface area contributed by atoms with Crippen LogP contribution in [0.3, 0.4) is 0 Å². The van der Waals surface area contributed by atoms with E-state index < -0.39 is 15.6 Å². The van der Waals surface area contributed by atoms with E-state index in [0.717, 1.165) is 6.54 Å². The van der Waals surface area contributed by atoms with Crippen molar-refractivity contribution in [3.8, 4) is 0 Å². The molecule has 2 saturated heterocycles. The van der Waals surface area contributed by atoms with Crippen molar-refractivity contribution in [3.63, 3.8) is 0 Å². The average molecular weight is 361 g/mol. The van der Waals surface area contributed by atoms with Crippen LogP contribution in [0.2, 0.25) is 5.02 Å². The van der Waals surface area contributed by atoms with E-state index in [-0.39, 0.29) is 11.4 Å². The third-order valence-electron chi connectivity index (χ3n) is 4.28. The van der Waals surface area contributed by atoms with Gasteiger partial charge >= 0.3 is 0 Å². The molecule has 0 radical (unpaired) electrons. The van der Waals surface area contributed by atoms with E-state index in [4.69, 9.17) is 21.1 Å². The van der Waals surface area contributed by atoms with Gasteiger partial charge in [0.15, 0.2) is 0 Å². The van der Waals surface area contributed by atoms with Crippen molar-refractivity contribution in [2.24, 2.45) is 0 Å². The van der Waals surface area contributed by atoms with Crippen LogP contribution in [0.25, 0.3) is 0 Å². The molecule has 3 rings (SSSR count). The van der Waals surface area contributed by atoms with E-state index in [1.54, 1.807) is 25.1 Å². The second kappa shape index (κ2) is 6.66. The molecule has 1 aromatic rings. The summed E-state index contributed by atoms with van der Waals surface area (Å²) in [6.07, 6.45) is 0. The van der Waals surface area contributed by atoms with Crippen molar-refractivity contribution in [2.45, 2.75) is 17.4 Å². The molecule has 1 spiro atoms. The number of hydrogen-bond acceptors (Lipinski definition) is 5. The summed E-state index contributed by atoms with van der Waals surface area (Å²) in [6.45, 7) is 4.99. The third kappa shape index (κ3) is 3.40. The van der Waals surface area contributed by atoms with Gasteiger partial charge in [0.25, 0.3) is 0 Å². The molecule has 1 aromatic carbocycles. The predicted molar refractivity (Wildman–Crippen MR) is 87.3 cm³/mol. The van der Waals surface area contributed by atoms with Crippen molar-refractivity contribution < 1.29 is 17.9 Å². The zero-order valence-electron chi connectivity index (χ0n) is 13.0. The number of ether oxygens (including phenoxy) is 2. The summed E-state index contributed by atoms with van der Waals surface area (Å²) in [5.41, 5.74) is -0.0566. The lowest BCUT2D eigenvalue weighted by Crippen LogP contribution is -2.59. The summed E-state index contributed by atoms with van der Waals surface area (Å²) in [4.78, 5) is 0.254. The highest BCUT2D eigenvalue weighted by molar-refractivity contribution is 7.89. The number of nitrogens with zero attached hydrogens (tertiary/aromatic N) is 1. The summed E-state index contributed by atoms with van der Waals surface area (Å²) in [5.74, 6) is 0. The van der Waals surface area contributed by atoms with Crippen LogP contribution >= 0.6 is 11.6 Å². The maximum atomic E-state index is 13.0. The van der Waals surface area contributed by atoms with E-state index >= 15 is 0 Å². The van der Waals surface area contributed by atoms with Crippen molar-refractivity contribution in [1.29, 1.82) is 0 Å². The molecule has 0 amide bonds. The van der Waals surface area contributed by atoms with Crippen LogP contribution in [-0.4, -0.2) is 64.3 Å². The summed E-state index contributed by atoms with van der Waals surface area (Å²) >= 11 is 6.08. The molecule has 8 heteroatoms. The molecule has 0 bridgehead atoms. The van der Waals surface area contributed by atoms with Crippen LogP contribution < -0.4 is 5.32 Å². The predicted octanol–water partition coefficient (Wildman–Crippen LogP) is 1.03. The molecule has 0 aromatic heterocycles. The third-order valence-corrected chi connectivity index (χ3v) is 6.68. The molecule has 2 heterocycles. The number of halogens is 1. The van der Waals surface area contributed by atoms with Gasteiger partial charge in [-0.15, -0.1) is 0 Å². The highest BCUT2D eigenvalue weighted by Crippen LogP contribution is 2.29. The zero-order valence-corrected chi connectivity index (χ0v) is 14.6. The second-order valence-electron chi connectivity index (χ2n) is 5.96. The smallest absolute Gasteiger partial charge is 0.243 e. The van der Waals surface area contributed by atoms with Crippen molar-refractivity contribution in [2.75, 3.05) is 46.0 Å². The van der Waals surface area contributed by atoms with Crippen molar-refractivity contribution >= 4 is 21.6 Å². The fourth-order valence-electron chi connectivity index (χ4n) is 2.99. The summed E-state index contributed by atoms with van der Waals surface area (Å²) in [6, 6.07) is 4.95. The first-order valence-corrected chi connectivity index (χ1v) is 9.44. The molecular weight excluding hydrogens is 340 g/mol. The van der Waals surface area contributed by atoms with Gasteiger partial charge < -0.3 is 14.8 Å². The normalized spacial score (nSPS) is 27.0. The summed E-state index contributed by atoms with van der Waals surface area (Å²) in [7, 11) is -3.62. The van der Waals surface area contributed by atoms with Crippen LogP contribution in [0.5, 0.6) is 0 Å². The minimum atomic E-state index is -3.62. The van der Waals surface area contributed by atoms with Crippen LogP contribution in [-0.2, 0) is 19.5 Å². The number of sulfonamides is 1.